The van der Waals surface area contributed by atoms with Crippen LogP contribution in [0.1, 0.15) is 23.9 Å². The molecule has 3 aromatic rings. The lowest BCUT2D eigenvalue weighted by Gasteiger charge is -2.21. The van der Waals surface area contributed by atoms with Crippen LogP contribution in [0.15, 0.2) is 42.5 Å². The second-order valence-electron chi connectivity index (χ2n) is 6.19. The highest BCUT2D eigenvalue weighted by Gasteiger charge is 2.15. The molecule has 0 N–H and O–H groups in total. The molecule has 0 aliphatic rings. The number of imidazole rings is 1. The lowest BCUT2D eigenvalue weighted by molar-refractivity contribution is -0.117. The molecule has 1 amide bonds. The number of hydrogen-bond acceptors (Lipinski definition) is 2. The van der Waals surface area contributed by atoms with Crippen molar-refractivity contribution in [2.45, 2.75) is 27.2 Å². The second kappa shape index (κ2) is 6.48. The highest BCUT2D eigenvalue weighted by molar-refractivity contribution is 5.95. The zero-order valence-corrected chi connectivity index (χ0v) is 14.7. The van der Waals surface area contributed by atoms with E-state index in [1.807, 2.05) is 75.2 Å². The molecule has 0 fully saturated rings. The maximum atomic E-state index is 12.8. The summed E-state index contributed by atoms with van der Waals surface area (Å²) in [6.07, 6.45) is 0.382. The summed E-state index contributed by atoms with van der Waals surface area (Å²) in [5, 5.41) is 0. The van der Waals surface area contributed by atoms with Gasteiger partial charge in [0.1, 0.15) is 5.82 Å². The Kier molecular flexibility index (Phi) is 4.38. The Morgan fingerprint density at radius 3 is 2.67 bits per heavy atom. The maximum Gasteiger partial charge on any atom is 0.231 e. The topological polar surface area (TPSA) is 38.1 Å². The molecule has 1 aromatic heterocycles. The molecule has 2 aromatic carbocycles. The van der Waals surface area contributed by atoms with Gasteiger partial charge in [-0.15, -0.1) is 0 Å². The monoisotopic (exact) mass is 321 g/mol. The van der Waals surface area contributed by atoms with Crippen LogP contribution in [-0.2, 0) is 18.3 Å². The number of anilines is 1. The van der Waals surface area contributed by atoms with Crippen LogP contribution in [0.5, 0.6) is 0 Å². The summed E-state index contributed by atoms with van der Waals surface area (Å²) in [6.45, 7) is 6.69. The Morgan fingerprint density at radius 2 is 1.96 bits per heavy atom. The summed E-state index contributed by atoms with van der Waals surface area (Å²) in [7, 11) is 2.01. The van der Waals surface area contributed by atoms with E-state index in [4.69, 9.17) is 0 Å². The summed E-state index contributed by atoms with van der Waals surface area (Å²) >= 11 is 0. The van der Waals surface area contributed by atoms with Crippen molar-refractivity contribution in [2.24, 2.45) is 7.05 Å². The zero-order valence-electron chi connectivity index (χ0n) is 14.7. The largest absolute Gasteiger partial charge is 0.331 e. The lowest BCUT2D eigenvalue weighted by Crippen LogP contribution is -2.32. The number of fused-ring (bicyclic) bond motifs is 1. The molecule has 0 aliphatic carbocycles. The first-order valence-corrected chi connectivity index (χ1v) is 8.28. The van der Waals surface area contributed by atoms with Gasteiger partial charge in [-0.2, -0.15) is 0 Å². The van der Waals surface area contributed by atoms with E-state index in [1.54, 1.807) is 0 Å². The van der Waals surface area contributed by atoms with Gasteiger partial charge in [-0.3, -0.25) is 4.79 Å². The molecule has 0 aliphatic heterocycles. The minimum Gasteiger partial charge on any atom is -0.331 e. The number of carbonyl (C=O) groups is 1. The summed E-state index contributed by atoms with van der Waals surface area (Å²) in [6, 6.07) is 14.1. The van der Waals surface area contributed by atoms with Gasteiger partial charge in [-0.05, 0) is 56.2 Å². The van der Waals surface area contributed by atoms with Crippen molar-refractivity contribution < 1.29 is 4.79 Å². The molecule has 24 heavy (non-hydrogen) atoms. The molecule has 124 valence electrons. The SMILES string of the molecule is CCN(C(=O)Cc1ccc2c(c1)nc(C)n2C)c1cccc(C)c1. The summed E-state index contributed by atoms with van der Waals surface area (Å²) in [5.41, 5.74) is 5.15. The van der Waals surface area contributed by atoms with Crippen LogP contribution in [0.2, 0.25) is 0 Å². The number of hydrogen-bond donors (Lipinski definition) is 0. The van der Waals surface area contributed by atoms with Crippen LogP contribution in [0.4, 0.5) is 5.69 Å². The number of likely N-dealkylation sites (N-methyl/N-ethyl adjacent to an activating group) is 1. The van der Waals surface area contributed by atoms with E-state index in [9.17, 15) is 4.79 Å². The maximum absolute atomic E-state index is 12.8. The highest BCUT2D eigenvalue weighted by Crippen LogP contribution is 2.20. The number of rotatable bonds is 4. The summed E-state index contributed by atoms with van der Waals surface area (Å²) in [4.78, 5) is 19.2. The first kappa shape index (κ1) is 16.2. The molecule has 0 bridgehead atoms. The van der Waals surface area contributed by atoms with E-state index in [0.717, 1.165) is 33.7 Å². The fourth-order valence-corrected chi connectivity index (χ4v) is 3.04. The molecule has 0 radical (unpaired) electrons. The first-order valence-electron chi connectivity index (χ1n) is 8.28. The van der Waals surface area contributed by atoms with Gasteiger partial charge in [0.25, 0.3) is 0 Å². The molecule has 0 spiro atoms. The van der Waals surface area contributed by atoms with E-state index in [1.165, 1.54) is 0 Å². The number of amides is 1. The minimum absolute atomic E-state index is 0.107. The number of nitrogens with zero attached hydrogens (tertiary/aromatic N) is 3. The van der Waals surface area contributed by atoms with Crippen LogP contribution < -0.4 is 4.90 Å². The van der Waals surface area contributed by atoms with Crippen molar-refractivity contribution in [2.75, 3.05) is 11.4 Å². The van der Waals surface area contributed by atoms with E-state index < -0.39 is 0 Å². The third-order valence-electron chi connectivity index (χ3n) is 4.45. The van der Waals surface area contributed by atoms with Crippen LogP contribution >= 0.6 is 0 Å². The summed E-state index contributed by atoms with van der Waals surface area (Å²) in [5.74, 6) is 1.08. The fourth-order valence-electron chi connectivity index (χ4n) is 3.04. The summed E-state index contributed by atoms with van der Waals surface area (Å²) < 4.78 is 2.06. The minimum atomic E-state index is 0.107. The van der Waals surface area contributed by atoms with Crippen molar-refractivity contribution in [3.8, 4) is 0 Å². The second-order valence-corrected chi connectivity index (χ2v) is 6.19. The Balaban J connectivity index is 1.85. The number of benzene rings is 2. The van der Waals surface area contributed by atoms with Gasteiger partial charge >= 0.3 is 0 Å². The molecule has 0 saturated heterocycles. The molecule has 0 unspecified atom stereocenters. The van der Waals surface area contributed by atoms with Crippen molar-refractivity contribution in [3.05, 3.63) is 59.4 Å². The zero-order chi connectivity index (χ0) is 17.3. The van der Waals surface area contributed by atoms with Gasteiger partial charge in [0.05, 0.1) is 17.5 Å². The van der Waals surface area contributed by atoms with Crippen LogP contribution in [0.25, 0.3) is 11.0 Å². The standard InChI is InChI=1S/C20H23N3O/c1-5-23(17-8-6-7-14(2)11-17)20(24)13-16-9-10-19-18(12-16)21-15(3)22(19)4/h6-12H,5,13H2,1-4H3. The predicted molar refractivity (Wildman–Crippen MR) is 98.4 cm³/mol. The van der Waals surface area contributed by atoms with Gasteiger partial charge in [-0.1, -0.05) is 18.2 Å². The molecular formula is C20H23N3O. The Morgan fingerprint density at radius 1 is 1.17 bits per heavy atom. The average molecular weight is 321 g/mol. The Bertz CT molecular complexity index is 895. The predicted octanol–water partition coefficient (Wildman–Crippen LogP) is 3.79. The normalized spacial score (nSPS) is 11.0. The quantitative estimate of drug-likeness (QED) is 0.733. The highest BCUT2D eigenvalue weighted by atomic mass is 16.2. The third-order valence-corrected chi connectivity index (χ3v) is 4.45. The van der Waals surface area contributed by atoms with Crippen molar-refractivity contribution in [1.82, 2.24) is 9.55 Å². The van der Waals surface area contributed by atoms with E-state index in [0.29, 0.717) is 13.0 Å². The van der Waals surface area contributed by atoms with Gasteiger partial charge in [0.2, 0.25) is 5.91 Å². The molecule has 3 rings (SSSR count). The van der Waals surface area contributed by atoms with Crippen molar-refractivity contribution in [3.63, 3.8) is 0 Å². The number of aromatic nitrogens is 2. The molecule has 4 heteroatoms. The van der Waals surface area contributed by atoms with Crippen molar-refractivity contribution in [1.29, 1.82) is 0 Å². The van der Waals surface area contributed by atoms with Crippen LogP contribution in [0, 0.1) is 13.8 Å². The van der Waals surface area contributed by atoms with E-state index in [-0.39, 0.29) is 5.91 Å². The number of aryl methyl sites for hydroxylation is 3. The van der Waals surface area contributed by atoms with Crippen molar-refractivity contribution >= 4 is 22.6 Å². The van der Waals surface area contributed by atoms with Crippen LogP contribution in [0.3, 0.4) is 0 Å². The van der Waals surface area contributed by atoms with E-state index in [2.05, 4.69) is 9.55 Å². The van der Waals surface area contributed by atoms with Gasteiger partial charge in [0, 0.05) is 19.3 Å². The Labute approximate surface area is 142 Å². The smallest absolute Gasteiger partial charge is 0.231 e. The Hall–Kier alpha value is -2.62. The number of carbonyl (C=O) groups excluding carboxylic acids is 1. The average Bonchev–Trinajstić information content (AvgIpc) is 2.82. The molecular weight excluding hydrogens is 298 g/mol. The fraction of sp³-hybridized carbons (Fsp3) is 0.300. The lowest BCUT2D eigenvalue weighted by atomic mass is 10.1. The molecule has 0 saturated carbocycles. The molecule has 4 nitrogen and oxygen atoms in total. The molecule has 1 heterocycles. The van der Waals surface area contributed by atoms with E-state index >= 15 is 0 Å². The van der Waals surface area contributed by atoms with Gasteiger partial charge < -0.3 is 9.47 Å². The first-order chi connectivity index (χ1) is 11.5. The third kappa shape index (κ3) is 3.04. The van der Waals surface area contributed by atoms with Gasteiger partial charge in [-0.25, -0.2) is 4.98 Å². The van der Waals surface area contributed by atoms with Crippen LogP contribution in [-0.4, -0.2) is 22.0 Å². The molecule has 0 atom stereocenters. The van der Waals surface area contributed by atoms with Gasteiger partial charge in [0.15, 0.2) is 0 Å².